The quantitative estimate of drug-likeness (QED) is 0.308. The minimum Gasteiger partial charge on any atom is -0.481 e. The number of unbranched alkanes of at least 4 members (excludes halogenated alkanes) is 1. The molecule has 0 radical (unpaired) electrons. The van der Waals surface area contributed by atoms with Crippen molar-refractivity contribution < 1.29 is 9.90 Å². The molecule has 0 aliphatic carbocycles. The molecule has 7 nitrogen and oxygen atoms in total. The number of hydrogen-bond acceptors (Lipinski definition) is 5. The van der Waals surface area contributed by atoms with E-state index in [0.29, 0.717) is 30.9 Å². The van der Waals surface area contributed by atoms with Gasteiger partial charge in [0.05, 0.1) is 12.1 Å². The monoisotopic (exact) mass is 443 g/mol. The summed E-state index contributed by atoms with van der Waals surface area (Å²) in [6.07, 6.45) is 6.73. The molecule has 1 heterocycles. The summed E-state index contributed by atoms with van der Waals surface area (Å²) in [7, 11) is 0. The van der Waals surface area contributed by atoms with Gasteiger partial charge in [-0.25, -0.2) is 0 Å². The summed E-state index contributed by atoms with van der Waals surface area (Å²) >= 11 is 0. The van der Waals surface area contributed by atoms with Crippen LogP contribution in [0.1, 0.15) is 51.2 Å². The Morgan fingerprint density at radius 1 is 1.21 bits per heavy atom. The Bertz CT molecular complexity index is 1070. The van der Waals surface area contributed by atoms with Crippen LogP contribution in [0.5, 0.6) is 0 Å². The third-order valence-electron chi connectivity index (χ3n) is 4.62. The number of rotatable bonds is 9. The SMILES string of the molecule is CC(C)(C)CN=C(Nc1cccc(C(=CCCCC(=O)O)c2cccnc2)c1)C(C#N)C#N. The second-order valence-electron chi connectivity index (χ2n) is 8.80. The van der Waals surface area contributed by atoms with Crippen LogP contribution in [0.25, 0.3) is 5.57 Å². The molecule has 0 aliphatic rings. The number of carboxylic acid groups (broad SMARTS) is 1. The Morgan fingerprint density at radius 2 is 1.94 bits per heavy atom. The van der Waals surface area contributed by atoms with Gasteiger partial charge < -0.3 is 10.4 Å². The van der Waals surface area contributed by atoms with E-state index in [1.54, 1.807) is 12.4 Å². The van der Waals surface area contributed by atoms with Crippen LogP contribution in [-0.4, -0.2) is 28.4 Å². The van der Waals surface area contributed by atoms with Gasteiger partial charge in [0.25, 0.3) is 0 Å². The number of allylic oxidation sites excluding steroid dienone is 1. The first-order chi connectivity index (χ1) is 15.7. The summed E-state index contributed by atoms with van der Waals surface area (Å²) in [5.41, 5.74) is 3.37. The van der Waals surface area contributed by atoms with Gasteiger partial charge in [-0.2, -0.15) is 10.5 Å². The number of nitrogens with one attached hydrogen (secondary N) is 1. The number of aromatic nitrogens is 1. The van der Waals surface area contributed by atoms with E-state index in [-0.39, 0.29) is 11.8 Å². The van der Waals surface area contributed by atoms with Gasteiger partial charge in [-0.15, -0.1) is 0 Å². The lowest BCUT2D eigenvalue weighted by Gasteiger charge is -2.18. The molecule has 2 aromatic rings. The lowest BCUT2D eigenvalue weighted by Crippen LogP contribution is -2.23. The molecule has 0 aliphatic heterocycles. The molecule has 2 N–H and O–H groups in total. The predicted octanol–water partition coefficient (Wildman–Crippen LogP) is 5.29. The molecule has 7 heteroatoms. The number of nitrogens with zero attached hydrogens (tertiary/aromatic N) is 4. The average molecular weight is 444 g/mol. The van der Waals surface area contributed by atoms with Crippen molar-refractivity contribution in [1.29, 1.82) is 10.5 Å². The van der Waals surface area contributed by atoms with Crippen LogP contribution in [0.4, 0.5) is 5.69 Å². The van der Waals surface area contributed by atoms with E-state index in [2.05, 4.69) is 15.3 Å². The standard InChI is InChI=1S/C26H29N5O2/c1-26(2,3)18-30-25(21(15-27)16-28)31-22-10-6-8-19(14-22)23(11-4-5-12-24(32)33)20-9-7-13-29-17-20/h6-11,13-14,17,21H,4-5,12,18H2,1-3H3,(H,30,31)(H,32,33). The third-order valence-corrected chi connectivity index (χ3v) is 4.62. The van der Waals surface area contributed by atoms with Gasteiger partial charge in [0, 0.05) is 36.6 Å². The van der Waals surface area contributed by atoms with Crippen LogP contribution >= 0.6 is 0 Å². The third kappa shape index (κ3) is 8.59. The van der Waals surface area contributed by atoms with E-state index in [9.17, 15) is 15.3 Å². The van der Waals surface area contributed by atoms with E-state index in [1.165, 1.54) is 0 Å². The Hall–Kier alpha value is -3.97. The van der Waals surface area contributed by atoms with E-state index in [1.807, 2.05) is 75.4 Å². The van der Waals surface area contributed by atoms with Crippen LogP contribution in [0.15, 0.2) is 59.9 Å². The topological polar surface area (TPSA) is 122 Å². The van der Waals surface area contributed by atoms with Crippen LogP contribution in [-0.2, 0) is 4.79 Å². The first-order valence-corrected chi connectivity index (χ1v) is 10.8. The molecule has 0 fully saturated rings. The van der Waals surface area contributed by atoms with Crippen molar-refractivity contribution in [3.8, 4) is 12.1 Å². The summed E-state index contributed by atoms with van der Waals surface area (Å²) in [6.45, 7) is 6.59. The minimum absolute atomic E-state index is 0.0869. The smallest absolute Gasteiger partial charge is 0.303 e. The summed E-state index contributed by atoms with van der Waals surface area (Å²) in [5.74, 6) is -1.50. The molecular weight excluding hydrogens is 414 g/mol. The predicted molar refractivity (Wildman–Crippen MR) is 129 cm³/mol. The normalized spacial score (nSPS) is 12.2. The Morgan fingerprint density at radius 3 is 2.55 bits per heavy atom. The number of carboxylic acids is 1. The zero-order valence-electron chi connectivity index (χ0n) is 19.2. The summed E-state index contributed by atoms with van der Waals surface area (Å²) in [6, 6.07) is 15.4. The van der Waals surface area contributed by atoms with Crippen LogP contribution in [0.3, 0.4) is 0 Å². The number of anilines is 1. The van der Waals surface area contributed by atoms with E-state index in [4.69, 9.17) is 5.11 Å². The van der Waals surface area contributed by atoms with Crippen LogP contribution < -0.4 is 5.32 Å². The maximum Gasteiger partial charge on any atom is 0.303 e. The number of aliphatic imine (C=N–C) groups is 1. The van der Waals surface area contributed by atoms with Crippen LogP contribution in [0, 0.1) is 34.0 Å². The molecule has 1 aromatic heterocycles. The highest BCUT2D eigenvalue weighted by Crippen LogP contribution is 2.26. The van der Waals surface area contributed by atoms with Gasteiger partial charge >= 0.3 is 5.97 Å². The van der Waals surface area contributed by atoms with Crippen molar-refractivity contribution in [2.45, 2.75) is 40.0 Å². The van der Waals surface area contributed by atoms with Crippen molar-refractivity contribution in [3.63, 3.8) is 0 Å². The molecule has 0 amide bonds. The summed E-state index contributed by atoms with van der Waals surface area (Å²) < 4.78 is 0. The first-order valence-electron chi connectivity index (χ1n) is 10.8. The van der Waals surface area contributed by atoms with Crippen molar-refractivity contribution >= 4 is 23.1 Å². The minimum atomic E-state index is -1.000. The second kappa shape index (κ2) is 12.2. The number of aliphatic carboxylic acids is 1. The van der Waals surface area contributed by atoms with E-state index >= 15 is 0 Å². The zero-order valence-corrected chi connectivity index (χ0v) is 19.2. The Balaban J connectivity index is 2.38. The molecule has 0 saturated heterocycles. The maximum atomic E-state index is 10.9. The zero-order chi connectivity index (χ0) is 24.3. The largest absolute Gasteiger partial charge is 0.481 e. The molecule has 0 atom stereocenters. The molecule has 0 unspecified atom stereocenters. The Kier molecular flexibility index (Phi) is 9.32. The van der Waals surface area contributed by atoms with E-state index < -0.39 is 11.9 Å². The van der Waals surface area contributed by atoms with Crippen molar-refractivity contribution in [1.82, 2.24) is 4.98 Å². The molecule has 0 bridgehead atoms. The molecule has 1 aromatic carbocycles. The van der Waals surface area contributed by atoms with Crippen molar-refractivity contribution in [3.05, 3.63) is 66.0 Å². The number of nitriles is 2. The van der Waals surface area contributed by atoms with Crippen molar-refractivity contribution in [2.24, 2.45) is 16.3 Å². The molecular formula is C26H29N5O2. The summed E-state index contributed by atoms with van der Waals surface area (Å²) in [5, 5.41) is 30.9. The average Bonchev–Trinajstić information content (AvgIpc) is 2.78. The Labute approximate surface area is 195 Å². The fraction of sp³-hybridized carbons (Fsp3) is 0.346. The van der Waals surface area contributed by atoms with E-state index in [0.717, 1.165) is 16.7 Å². The first kappa shape index (κ1) is 25.3. The fourth-order valence-corrected chi connectivity index (χ4v) is 3.01. The van der Waals surface area contributed by atoms with Gasteiger partial charge in [-0.1, -0.05) is 45.0 Å². The fourth-order valence-electron chi connectivity index (χ4n) is 3.01. The second-order valence-corrected chi connectivity index (χ2v) is 8.80. The summed E-state index contributed by atoms with van der Waals surface area (Å²) in [4.78, 5) is 19.6. The number of carbonyl (C=O) groups is 1. The highest BCUT2D eigenvalue weighted by molar-refractivity contribution is 6.00. The maximum absolute atomic E-state index is 10.9. The number of hydrogen-bond donors (Lipinski definition) is 2. The van der Waals surface area contributed by atoms with Gasteiger partial charge in [0.15, 0.2) is 5.92 Å². The lowest BCUT2D eigenvalue weighted by molar-refractivity contribution is -0.137. The lowest BCUT2D eigenvalue weighted by atomic mass is 9.96. The molecule has 2 rings (SSSR count). The van der Waals surface area contributed by atoms with Crippen molar-refractivity contribution in [2.75, 3.05) is 11.9 Å². The van der Waals surface area contributed by atoms with Crippen LogP contribution in [0.2, 0.25) is 0 Å². The number of pyridine rings is 1. The highest BCUT2D eigenvalue weighted by Gasteiger charge is 2.18. The van der Waals surface area contributed by atoms with Gasteiger partial charge in [0.2, 0.25) is 0 Å². The van der Waals surface area contributed by atoms with Gasteiger partial charge in [0.1, 0.15) is 5.84 Å². The highest BCUT2D eigenvalue weighted by atomic mass is 16.4. The molecule has 0 saturated carbocycles. The van der Waals surface area contributed by atoms with Gasteiger partial charge in [-0.3, -0.25) is 14.8 Å². The van der Waals surface area contributed by atoms with Gasteiger partial charge in [-0.05, 0) is 47.6 Å². The molecule has 0 spiro atoms. The number of amidine groups is 1. The number of benzene rings is 1. The molecule has 33 heavy (non-hydrogen) atoms. The molecule has 170 valence electrons.